The van der Waals surface area contributed by atoms with Gasteiger partial charge >= 0.3 is 5.97 Å². The van der Waals surface area contributed by atoms with Crippen molar-refractivity contribution in [3.8, 4) is 0 Å². The molecule has 0 saturated heterocycles. The van der Waals surface area contributed by atoms with Gasteiger partial charge in [0.2, 0.25) is 0 Å². The van der Waals surface area contributed by atoms with Crippen LogP contribution < -0.4 is 15.7 Å². The molecule has 0 amide bonds. The van der Waals surface area contributed by atoms with Gasteiger partial charge in [-0.15, -0.1) is 0 Å². The van der Waals surface area contributed by atoms with E-state index in [4.69, 9.17) is 17.0 Å². The largest absolute Gasteiger partial charge is 0.463 e. The van der Waals surface area contributed by atoms with Crippen molar-refractivity contribution in [1.82, 2.24) is 0 Å². The Morgan fingerprint density at radius 3 is 1.97 bits per heavy atom. The highest BCUT2D eigenvalue weighted by atomic mass is 32.1. The zero-order valence-electron chi connectivity index (χ0n) is 19.1. The molecule has 1 N–H and O–H groups in total. The van der Waals surface area contributed by atoms with Crippen LogP contribution in [0.4, 0.5) is 5.69 Å². The summed E-state index contributed by atoms with van der Waals surface area (Å²) in [6, 6.07) is 14.8. The molecule has 0 aliphatic rings. The van der Waals surface area contributed by atoms with Gasteiger partial charge in [-0.3, -0.25) is 0 Å². The smallest absolute Gasteiger partial charge is 0.330 e. The lowest BCUT2D eigenvalue weighted by Crippen LogP contribution is -2.45. The molecule has 0 aliphatic carbocycles. The Morgan fingerprint density at radius 2 is 1.50 bits per heavy atom. The van der Waals surface area contributed by atoms with Crippen molar-refractivity contribution in [3.05, 3.63) is 59.7 Å². The molecule has 0 atom stereocenters. The normalized spacial score (nSPS) is 12.1. The summed E-state index contributed by atoms with van der Waals surface area (Å²) in [5.41, 5.74) is 2.95. The van der Waals surface area contributed by atoms with Crippen LogP contribution in [-0.2, 0) is 9.53 Å². The number of hydrogen-bond donors (Lipinski definition) is 1. The van der Waals surface area contributed by atoms with Gasteiger partial charge in [-0.25, -0.2) is 4.79 Å². The van der Waals surface area contributed by atoms with Crippen LogP contribution in [-0.4, -0.2) is 33.7 Å². The van der Waals surface area contributed by atoms with Crippen molar-refractivity contribution in [3.63, 3.8) is 0 Å². The van der Waals surface area contributed by atoms with E-state index in [1.807, 2.05) is 24.3 Å². The molecule has 2 aromatic rings. The van der Waals surface area contributed by atoms with E-state index in [1.54, 1.807) is 13.0 Å². The lowest BCUT2D eigenvalue weighted by molar-refractivity contribution is -0.137. The Balaban J connectivity index is 2.22. The zero-order valence-corrected chi connectivity index (χ0v) is 21.9. The highest BCUT2D eigenvalue weighted by Crippen LogP contribution is 2.15. The number of benzene rings is 2. The summed E-state index contributed by atoms with van der Waals surface area (Å²) in [6.45, 7) is 16.4. The fraction of sp³-hybridized carbons (Fsp3) is 0.333. The van der Waals surface area contributed by atoms with Gasteiger partial charge in [0.25, 0.3) is 0 Å². The minimum atomic E-state index is -1.46. The molecular formula is C24H33NO2SSi2. The van der Waals surface area contributed by atoms with Crippen LogP contribution in [0, 0.1) is 0 Å². The number of ether oxygens (including phenoxy) is 1. The third kappa shape index (κ3) is 7.04. The van der Waals surface area contributed by atoms with Gasteiger partial charge in [0.05, 0.1) is 22.8 Å². The van der Waals surface area contributed by atoms with E-state index >= 15 is 0 Å². The van der Waals surface area contributed by atoms with E-state index < -0.39 is 16.1 Å². The third-order valence-electron chi connectivity index (χ3n) is 4.79. The van der Waals surface area contributed by atoms with Crippen LogP contribution in [0.1, 0.15) is 18.1 Å². The number of hydrogen-bond acceptors (Lipinski definition) is 3. The maximum absolute atomic E-state index is 11.4. The van der Waals surface area contributed by atoms with Crippen LogP contribution in [0.2, 0.25) is 39.3 Å². The summed E-state index contributed by atoms with van der Waals surface area (Å²) >= 11 is 5.76. The van der Waals surface area contributed by atoms with Crippen molar-refractivity contribution < 1.29 is 9.53 Å². The Labute approximate surface area is 188 Å². The van der Waals surface area contributed by atoms with Gasteiger partial charge in [-0.2, -0.15) is 0 Å². The van der Waals surface area contributed by atoms with E-state index in [2.05, 4.69) is 62.8 Å². The highest BCUT2D eigenvalue weighted by molar-refractivity contribution is 7.81. The maximum atomic E-state index is 11.4. The second-order valence-corrected chi connectivity index (χ2v) is 20.0. The molecule has 0 unspecified atom stereocenters. The first-order chi connectivity index (χ1) is 13.9. The molecular weight excluding hydrogens is 423 g/mol. The van der Waals surface area contributed by atoms with Crippen molar-refractivity contribution >= 4 is 61.5 Å². The topological polar surface area (TPSA) is 38.3 Å². The van der Waals surface area contributed by atoms with Crippen LogP contribution in [0.3, 0.4) is 0 Å². The molecule has 0 aromatic heterocycles. The quantitative estimate of drug-likeness (QED) is 0.271. The first-order valence-electron chi connectivity index (χ1n) is 10.3. The van der Waals surface area contributed by atoms with Gasteiger partial charge in [0.1, 0.15) is 4.99 Å². The predicted octanol–water partition coefficient (Wildman–Crippen LogP) is 5.14. The fourth-order valence-corrected chi connectivity index (χ4v) is 5.59. The summed E-state index contributed by atoms with van der Waals surface area (Å²) in [5.74, 6) is -0.332. The van der Waals surface area contributed by atoms with Crippen molar-refractivity contribution in [2.75, 3.05) is 11.9 Å². The number of anilines is 1. The van der Waals surface area contributed by atoms with Gasteiger partial charge in [-0.05, 0) is 30.7 Å². The number of rotatable bonds is 7. The molecule has 160 valence electrons. The second-order valence-electron chi connectivity index (χ2n) is 9.46. The summed E-state index contributed by atoms with van der Waals surface area (Å²) < 4.78 is 4.91. The molecule has 0 aliphatic heterocycles. The molecule has 2 rings (SSSR count). The summed E-state index contributed by atoms with van der Waals surface area (Å²) in [4.78, 5) is 12.2. The molecule has 2 aromatic carbocycles. The van der Waals surface area contributed by atoms with E-state index in [1.165, 1.54) is 16.4 Å². The summed E-state index contributed by atoms with van der Waals surface area (Å²) in [7, 11) is -2.91. The number of carbonyl (C=O) groups is 1. The molecule has 0 radical (unpaired) electrons. The molecule has 0 saturated carbocycles. The fourth-order valence-electron chi connectivity index (χ4n) is 2.86. The van der Waals surface area contributed by atoms with Gasteiger partial charge in [-0.1, -0.05) is 92.2 Å². The highest BCUT2D eigenvalue weighted by Gasteiger charge is 2.23. The first-order valence-corrected chi connectivity index (χ1v) is 17.7. The first kappa shape index (κ1) is 24.2. The van der Waals surface area contributed by atoms with Gasteiger partial charge in [0.15, 0.2) is 0 Å². The molecule has 0 spiro atoms. The van der Waals surface area contributed by atoms with Crippen LogP contribution in [0.15, 0.2) is 48.5 Å². The Hall–Kier alpha value is -2.03. The van der Waals surface area contributed by atoms with E-state index in [-0.39, 0.29) is 5.97 Å². The minimum absolute atomic E-state index is 0.332. The lowest BCUT2D eigenvalue weighted by Gasteiger charge is -2.24. The lowest BCUT2D eigenvalue weighted by atomic mass is 10.1. The molecule has 3 nitrogen and oxygen atoms in total. The van der Waals surface area contributed by atoms with Crippen LogP contribution >= 0.6 is 12.2 Å². The Morgan fingerprint density at radius 1 is 0.967 bits per heavy atom. The number of carbonyl (C=O) groups excluding carboxylic acids is 1. The monoisotopic (exact) mass is 455 g/mol. The number of esters is 1. The van der Waals surface area contributed by atoms with E-state index in [9.17, 15) is 4.79 Å². The number of nitrogens with one attached hydrogen (secondary N) is 1. The average molecular weight is 456 g/mol. The van der Waals surface area contributed by atoms with Crippen molar-refractivity contribution in [1.29, 1.82) is 0 Å². The minimum Gasteiger partial charge on any atom is -0.463 e. The van der Waals surface area contributed by atoms with Gasteiger partial charge < -0.3 is 10.1 Å². The third-order valence-corrected chi connectivity index (χ3v) is 9.17. The molecule has 30 heavy (non-hydrogen) atoms. The summed E-state index contributed by atoms with van der Waals surface area (Å²) in [5, 5.41) is 6.27. The molecule has 0 fully saturated rings. The van der Waals surface area contributed by atoms with Crippen LogP contribution in [0.25, 0.3) is 6.08 Å². The average Bonchev–Trinajstić information content (AvgIpc) is 2.66. The molecule has 0 bridgehead atoms. The SMILES string of the molecule is CCOC(=O)/C=C/c1ccc(NC(=S)c2cc([Si](C)(C)C)cc([Si](C)(C)C)c2)cc1. The summed E-state index contributed by atoms with van der Waals surface area (Å²) in [6.07, 6.45) is 3.19. The zero-order chi connectivity index (χ0) is 22.5. The second kappa shape index (κ2) is 9.85. The van der Waals surface area contributed by atoms with Crippen LogP contribution in [0.5, 0.6) is 0 Å². The molecule has 6 heteroatoms. The standard InChI is InChI=1S/C24H33NO2SSi2/c1-8-27-23(26)14-11-18-9-12-20(13-10-18)25-24(28)19-15-21(29(2,3)4)17-22(16-19)30(5,6)7/h9-17H,8H2,1-7H3,(H,25,28)/b14-11+. The number of thiocarbonyl (C=S) groups is 1. The molecule has 0 heterocycles. The van der Waals surface area contributed by atoms with Gasteiger partial charge in [0, 0.05) is 17.3 Å². The van der Waals surface area contributed by atoms with E-state index in [0.29, 0.717) is 6.61 Å². The van der Waals surface area contributed by atoms with Crippen molar-refractivity contribution in [2.45, 2.75) is 46.2 Å². The van der Waals surface area contributed by atoms with Crippen molar-refractivity contribution in [2.24, 2.45) is 0 Å². The predicted molar refractivity (Wildman–Crippen MR) is 140 cm³/mol. The maximum Gasteiger partial charge on any atom is 0.330 e. The Bertz CT molecular complexity index is 907. The van der Waals surface area contributed by atoms with E-state index in [0.717, 1.165) is 21.8 Å². The Kier molecular flexibility index (Phi) is 7.96.